The van der Waals surface area contributed by atoms with Gasteiger partial charge in [0, 0.05) is 53.8 Å². The number of para-hydroxylation sites is 2. The van der Waals surface area contributed by atoms with Crippen LogP contribution in [0.5, 0.6) is 0 Å². The van der Waals surface area contributed by atoms with Crippen molar-refractivity contribution in [2.75, 3.05) is 0 Å². The summed E-state index contributed by atoms with van der Waals surface area (Å²) in [6.07, 6.45) is 1.82. The van der Waals surface area contributed by atoms with E-state index in [1.54, 1.807) is 0 Å². The van der Waals surface area contributed by atoms with Crippen molar-refractivity contribution >= 4 is 21.8 Å². The molecule has 4 heteroatoms. The van der Waals surface area contributed by atoms with Crippen molar-refractivity contribution in [1.29, 1.82) is 0 Å². The molecule has 0 aliphatic heterocycles. The predicted octanol–water partition coefficient (Wildman–Crippen LogP) is 10.9. The standard InChI is InChI=1S/2C15H11N.C12H11N.Ir/c2*1-2-6-12(7-3-1)15-11-10-13-8-4-5-9-14(13)16-15;1-10-5-4-6-11(9-10)12-7-2-3-8-13-12;/h2*1-11H;2-9H,1H3;. The number of rotatable bonds is 3. The molecule has 0 atom stereocenters. The van der Waals surface area contributed by atoms with Crippen molar-refractivity contribution in [3.8, 4) is 33.8 Å². The van der Waals surface area contributed by atoms with Crippen LogP contribution in [0.15, 0.2) is 182 Å². The van der Waals surface area contributed by atoms with Crippen LogP contribution in [0.4, 0.5) is 0 Å². The summed E-state index contributed by atoms with van der Waals surface area (Å²) in [5.74, 6) is 0. The molecule has 0 spiro atoms. The predicted molar refractivity (Wildman–Crippen MR) is 189 cm³/mol. The van der Waals surface area contributed by atoms with Gasteiger partial charge in [-0.25, -0.2) is 9.97 Å². The second kappa shape index (κ2) is 16.2. The summed E-state index contributed by atoms with van der Waals surface area (Å²) in [6.45, 7) is 2.09. The third-order valence-electron chi connectivity index (χ3n) is 7.31. The van der Waals surface area contributed by atoms with E-state index >= 15 is 0 Å². The van der Waals surface area contributed by atoms with Gasteiger partial charge in [0.2, 0.25) is 0 Å². The smallest absolute Gasteiger partial charge is 0.0709 e. The fourth-order valence-corrected chi connectivity index (χ4v) is 5.01. The average molecular weight is 772 g/mol. The summed E-state index contributed by atoms with van der Waals surface area (Å²) < 4.78 is 0. The van der Waals surface area contributed by atoms with Crippen LogP contribution in [0, 0.1) is 6.92 Å². The topological polar surface area (TPSA) is 38.7 Å². The second-order valence-corrected chi connectivity index (χ2v) is 10.6. The molecule has 0 unspecified atom stereocenters. The molecule has 5 aromatic carbocycles. The van der Waals surface area contributed by atoms with Crippen LogP contribution in [0.2, 0.25) is 0 Å². The number of hydrogen-bond acceptors (Lipinski definition) is 3. The number of fused-ring (bicyclic) bond motifs is 2. The molecule has 3 aromatic heterocycles. The van der Waals surface area contributed by atoms with Gasteiger partial charge in [-0.3, -0.25) is 4.98 Å². The minimum atomic E-state index is 0. The zero-order valence-corrected chi connectivity index (χ0v) is 27.9. The first kappa shape index (κ1) is 32.1. The summed E-state index contributed by atoms with van der Waals surface area (Å²) in [4.78, 5) is 13.6. The van der Waals surface area contributed by atoms with Crippen LogP contribution >= 0.6 is 0 Å². The normalized spacial score (nSPS) is 10.1. The molecule has 3 heterocycles. The molecule has 0 amide bonds. The molecule has 0 N–H and O–H groups in total. The third-order valence-corrected chi connectivity index (χ3v) is 7.31. The minimum Gasteiger partial charge on any atom is -0.256 e. The molecule has 1 radical (unpaired) electrons. The van der Waals surface area contributed by atoms with Crippen LogP contribution in [0.3, 0.4) is 0 Å². The first-order chi connectivity index (χ1) is 22.2. The molecule has 8 aromatic rings. The SMILES string of the molecule is Cc1cccc(-c2ccccn2)c1.[Ir].c1ccc(-c2ccc3ccccc3n2)cc1.c1ccc(-c2ccc3ccccc3n2)cc1. The number of pyridine rings is 3. The summed E-state index contributed by atoms with van der Waals surface area (Å²) in [5, 5.41) is 2.37. The van der Waals surface area contributed by atoms with Gasteiger partial charge in [-0.1, -0.05) is 139 Å². The molecular weight excluding hydrogens is 739 g/mol. The first-order valence-electron chi connectivity index (χ1n) is 15.0. The van der Waals surface area contributed by atoms with Gasteiger partial charge in [-0.05, 0) is 49.4 Å². The number of benzene rings is 5. The van der Waals surface area contributed by atoms with Crippen molar-refractivity contribution < 1.29 is 20.1 Å². The van der Waals surface area contributed by atoms with Gasteiger partial charge in [0.15, 0.2) is 0 Å². The van der Waals surface area contributed by atoms with Gasteiger partial charge in [-0.15, -0.1) is 0 Å². The minimum absolute atomic E-state index is 0. The van der Waals surface area contributed by atoms with E-state index < -0.39 is 0 Å². The van der Waals surface area contributed by atoms with Gasteiger partial charge < -0.3 is 0 Å². The maximum atomic E-state index is 4.65. The Morgan fingerprint density at radius 1 is 0.370 bits per heavy atom. The molecule has 0 saturated carbocycles. The van der Waals surface area contributed by atoms with E-state index in [1.165, 1.54) is 21.9 Å². The summed E-state index contributed by atoms with van der Waals surface area (Å²) in [6, 6.07) is 59.5. The van der Waals surface area contributed by atoms with E-state index in [-0.39, 0.29) is 20.1 Å². The number of hydrogen-bond donors (Lipinski definition) is 0. The van der Waals surface area contributed by atoms with Crippen molar-refractivity contribution in [3.63, 3.8) is 0 Å². The van der Waals surface area contributed by atoms with Gasteiger partial charge in [0.1, 0.15) is 0 Å². The summed E-state index contributed by atoms with van der Waals surface area (Å²) in [7, 11) is 0. The summed E-state index contributed by atoms with van der Waals surface area (Å²) >= 11 is 0. The molecule has 8 rings (SSSR count). The van der Waals surface area contributed by atoms with Crippen LogP contribution < -0.4 is 0 Å². The average Bonchev–Trinajstić information content (AvgIpc) is 3.13. The monoisotopic (exact) mass is 772 g/mol. The second-order valence-electron chi connectivity index (χ2n) is 10.6. The third kappa shape index (κ3) is 8.45. The Kier molecular flexibility index (Phi) is 11.3. The van der Waals surface area contributed by atoms with Gasteiger partial charge >= 0.3 is 0 Å². The molecule has 3 nitrogen and oxygen atoms in total. The Labute approximate surface area is 284 Å². The molecular formula is C42H33IrN3. The Morgan fingerprint density at radius 3 is 1.35 bits per heavy atom. The number of aryl methyl sites for hydroxylation is 1. The Hall–Kier alpha value is -5.28. The van der Waals surface area contributed by atoms with E-state index in [0.29, 0.717) is 0 Å². The quantitative estimate of drug-likeness (QED) is 0.180. The molecule has 0 aliphatic carbocycles. The maximum absolute atomic E-state index is 4.65. The van der Waals surface area contributed by atoms with Crippen LogP contribution in [0.1, 0.15) is 5.56 Å². The molecule has 0 aliphatic rings. The van der Waals surface area contributed by atoms with Crippen molar-refractivity contribution in [2.24, 2.45) is 0 Å². The molecule has 225 valence electrons. The van der Waals surface area contributed by atoms with E-state index in [9.17, 15) is 0 Å². The molecule has 0 bridgehead atoms. The molecule has 0 saturated heterocycles. The number of nitrogens with zero attached hydrogens (tertiary/aromatic N) is 3. The maximum Gasteiger partial charge on any atom is 0.0709 e. The van der Waals surface area contributed by atoms with Crippen molar-refractivity contribution in [3.05, 3.63) is 188 Å². The van der Waals surface area contributed by atoms with Crippen molar-refractivity contribution in [1.82, 2.24) is 15.0 Å². The Morgan fingerprint density at radius 2 is 0.848 bits per heavy atom. The fourth-order valence-electron chi connectivity index (χ4n) is 5.01. The van der Waals surface area contributed by atoms with Crippen LogP contribution in [-0.4, -0.2) is 15.0 Å². The van der Waals surface area contributed by atoms with Crippen LogP contribution in [-0.2, 0) is 20.1 Å². The van der Waals surface area contributed by atoms with E-state index in [4.69, 9.17) is 0 Å². The van der Waals surface area contributed by atoms with E-state index in [0.717, 1.165) is 39.2 Å². The molecule has 46 heavy (non-hydrogen) atoms. The first-order valence-corrected chi connectivity index (χ1v) is 15.0. The van der Waals surface area contributed by atoms with Gasteiger partial charge in [0.05, 0.1) is 28.1 Å². The van der Waals surface area contributed by atoms with Crippen molar-refractivity contribution in [2.45, 2.75) is 6.92 Å². The molecule has 0 fully saturated rings. The number of aromatic nitrogens is 3. The van der Waals surface area contributed by atoms with E-state index in [2.05, 4.69) is 107 Å². The zero-order chi connectivity index (χ0) is 30.7. The Balaban J connectivity index is 0.000000135. The Bertz CT molecular complexity index is 2000. The summed E-state index contributed by atoms with van der Waals surface area (Å²) in [5.41, 5.74) is 9.95. The van der Waals surface area contributed by atoms with E-state index in [1.807, 2.05) is 97.2 Å². The van der Waals surface area contributed by atoms with Gasteiger partial charge in [-0.2, -0.15) is 0 Å². The van der Waals surface area contributed by atoms with Crippen LogP contribution in [0.25, 0.3) is 55.6 Å². The fraction of sp³-hybridized carbons (Fsp3) is 0.0238. The largest absolute Gasteiger partial charge is 0.256 e. The van der Waals surface area contributed by atoms with Gasteiger partial charge in [0.25, 0.3) is 0 Å². The zero-order valence-electron chi connectivity index (χ0n) is 25.5.